The van der Waals surface area contributed by atoms with Gasteiger partial charge in [0.05, 0.1) is 6.04 Å². The van der Waals surface area contributed by atoms with Gasteiger partial charge in [-0.2, -0.15) is 4.98 Å². The number of carbonyl (C=O) groups excluding carboxylic acids is 1. The Morgan fingerprint density at radius 1 is 1.17 bits per heavy atom. The number of amides is 1. The van der Waals surface area contributed by atoms with Gasteiger partial charge in [0.2, 0.25) is 11.7 Å². The minimum Gasteiger partial charge on any atom is -0.339 e. The van der Waals surface area contributed by atoms with E-state index in [0.717, 1.165) is 24.0 Å². The second-order valence-electron chi connectivity index (χ2n) is 7.58. The molecule has 3 aromatic rings. The summed E-state index contributed by atoms with van der Waals surface area (Å²) in [5, 5.41) is 7.37. The molecule has 1 aliphatic heterocycles. The summed E-state index contributed by atoms with van der Waals surface area (Å²) in [6.07, 6.45) is 2.18. The van der Waals surface area contributed by atoms with Crippen LogP contribution in [0.15, 0.2) is 53.1 Å². The lowest BCUT2D eigenvalue weighted by Crippen LogP contribution is -2.48. The normalized spacial score (nSPS) is 19.3. The molecular formula is C22H21FN4O2. The molecule has 2 fully saturated rings. The van der Waals surface area contributed by atoms with Crippen molar-refractivity contribution in [1.82, 2.24) is 20.4 Å². The van der Waals surface area contributed by atoms with Crippen LogP contribution in [0.2, 0.25) is 0 Å². The Labute approximate surface area is 167 Å². The second kappa shape index (κ2) is 7.40. The smallest absolute Gasteiger partial charge is 0.254 e. The quantitative estimate of drug-likeness (QED) is 0.735. The molecular weight excluding hydrogens is 371 g/mol. The number of halogens is 1. The number of carbonyl (C=O) groups is 1. The van der Waals surface area contributed by atoms with Crippen LogP contribution < -0.4 is 5.32 Å². The van der Waals surface area contributed by atoms with Crippen LogP contribution in [0.3, 0.4) is 0 Å². The fourth-order valence-corrected chi connectivity index (χ4v) is 3.76. The van der Waals surface area contributed by atoms with Crippen LogP contribution in [0.1, 0.15) is 46.6 Å². The summed E-state index contributed by atoms with van der Waals surface area (Å²) in [5.41, 5.74) is 2.10. The number of benzene rings is 2. The highest BCUT2D eigenvalue weighted by molar-refractivity contribution is 5.95. The van der Waals surface area contributed by atoms with Gasteiger partial charge in [-0.1, -0.05) is 29.4 Å². The van der Waals surface area contributed by atoms with Crippen molar-refractivity contribution in [1.29, 1.82) is 0 Å². The average molecular weight is 392 g/mol. The number of hydrogen-bond acceptors (Lipinski definition) is 5. The van der Waals surface area contributed by atoms with Crippen molar-refractivity contribution in [3.8, 4) is 11.4 Å². The Hall–Kier alpha value is -3.06. The maximum Gasteiger partial charge on any atom is 0.254 e. The summed E-state index contributed by atoms with van der Waals surface area (Å²) in [6.45, 7) is 1.84. The first-order chi connectivity index (χ1) is 14.2. The fourth-order valence-electron chi connectivity index (χ4n) is 3.76. The molecule has 1 N–H and O–H groups in total. The highest BCUT2D eigenvalue weighted by Gasteiger charge is 2.31. The fraction of sp³-hybridized carbons (Fsp3) is 0.318. The predicted octanol–water partition coefficient (Wildman–Crippen LogP) is 3.54. The minimum absolute atomic E-state index is 0.0893. The summed E-state index contributed by atoms with van der Waals surface area (Å²) < 4.78 is 19.1. The number of nitrogens with zero attached hydrogens (tertiary/aromatic N) is 3. The van der Waals surface area contributed by atoms with Crippen molar-refractivity contribution in [2.45, 2.75) is 24.8 Å². The van der Waals surface area contributed by atoms with Crippen LogP contribution in [-0.2, 0) is 0 Å². The van der Waals surface area contributed by atoms with E-state index in [1.807, 2.05) is 18.2 Å². The van der Waals surface area contributed by atoms with Crippen molar-refractivity contribution < 1.29 is 13.7 Å². The number of hydrogen-bond donors (Lipinski definition) is 1. The molecule has 1 aliphatic carbocycles. The number of rotatable bonds is 4. The topological polar surface area (TPSA) is 71.3 Å². The number of aromatic nitrogens is 2. The third kappa shape index (κ3) is 3.65. The van der Waals surface area contributed by atoms with Crippen molar-refractivity contribution in [3.63, 3.8) is 0 Å². The van der Waals surface area contributed by atoms with Gasteiger partial charge in [-0.15, -0.1) is 0 Å². The van der Waals surface area contributed by atoms with E-state index in [2.05, 4.69) is 15.5 Å². The lowest BCUT2D eigenvalue weighted by Gasteiger charge is -2.36. The second-order valence-corrected chi connectivity index (χ2v) is 7.58. The summed E-state index contributed by atoms with van der Waals surface area (Å²) >= 11 is 0. The van der Waals surface area contributed by atoms with Gasteiger partial charge in [0, 0.05) is 36.7 Å². The summed E-state index contributed by atoms with van der Waals surface area (Å²) in [4.78, 5) is 19.6. The van der Waals surface area contributed by atoms with Gasteiger partial charge in [-0.05, 0) is 42.7 Å². The highest BCUT2D eigenvalue weighted by atomic mass is 19.1. The average Bonchev–Trinajstić information content (AvgIpc) is 3.50. The maximum absolute atomic E-state index is 13.7. The molecule has 1 saturated carbocycles. The molecule has 2 aliphatic rings. The van der Waals surface area contributed by atoms with E-state index in [4.69, 9.17) is 4.52 Å². The van der Waals surface area contributed by atoms with E-state index in [0.29, 0.717) is 42.8 Å². The van der Waals surface area contributed by atoms with Gasteiger partial charge in [0.15, 0.2) is 0 Å². The van der Waals surface area contributed by atoms with Crippen molar-refractivity contribution >= 4 is 5.91 Å². The monoisotopic (exact) mass is 392 g/mol. The zero-order chi connectivity index (χ0) is 19.8. The Bertz CT molecular complexity index is 1050. The molecule has 2 aromatic carbocycles. The third-order valence-corrected chi connectivity index (χ3v) is 5.47. The molecule has 1 atom stereocenters. The molecule has 29 heavy (non-hydrogen) atoms. The first kappa shape index (κ1) is 18.0. The van der Waals surface area contributed by atoms with E-state index in [1.54, 1.807) is 23.1 Å². The SMILES string of the molecule is O=C(c1cccc(-c2noc(C3CC3)n2)c1)N1CCNCC1c1cccc(F)c1. The largest absolute Gasteiger partial charge is 0.339 e. The van der Waals surface area contributed by atoms with Crippen LogP contribution in [0, 0.1) is 5.82 Å². The van der Waals surface area contributed by atoms with E-state index in [-0.39, 0.29) is 17.8 Å². The van der Waals surface area contributed by atoms with Crippen molar-refractivity contribution in [2.75, 3.05) is 19.6 Å². The van der Waals surface area contributed by atoms with Gasteiger partial charge >= 0.3 is 0 Å². The molecule has 0 spiro atoms. The molecule has 1 saturated heterocycles. The predicted molar refractivity (Wildman–Crippen MR) is 105 cm³/mol. The number of piperazine rings is 1. The summed E-state index contributed by atoms with van der Waals surface area (Å²) in [5.74, 6) is 1.17. The Morgan fingerprint density at radius 2 is 2.03 bits per heavy atom. The molecule has 1 amide bonds. The molecule has 2 heterocycles. The van der Waals surface area contributed by atoms with Crippen molar-refractivity contribution in [2.24, 2.45) is 0 Å². The summed E-state index contributed by atoms with van der Waals surface area (Å²) in [7, 11) is 0. The van der Waals surface area contributed by atoms with Crippen LogP contribution in [0.4, 0.5) is 4.39 Å². The zero-order valence-electron chi connectivity index (χ0n) is 15.8. The van der Waals surface area contributed by atoms with E-state index < -0.39 is 0 Å². The molecule has 7 heteroatoms. The van der Waals surface area contributed by atoms with Crippen LogP contribution >= 0.6 is 0 Å². The van der Waals surface area contributed by atoms with E-state index in [1.165, 1.54) is 12.1 Å². The summed E-state index contributed by atoms with van der Waals surface area (Å²) in [6, 6.07) is 13.5. The number of nitrogens with one attached hydrogen (secondary N) is 1. The lowest BCUT2D eigenvalue weighted by atomic mass is 10.0. The van der Waals surface area contributed by atoms with E-state index in [9.17, 15) is 9.18 Å². The van der Waals surface area contributed by atoms with Crippen LogP contribution in [0.25, 0.3) is 11.4 Å². The molecule has 5 rings (SSSR count). The first-order valence-electron chi connectivity index (χ1n) is 9.90. The zero-order valence-corrected chi connectivity index (χ0v) is 15.8. The Balaban J connectivity index is 1.42. The molecule has 1 aromatic heterocycles. The van der Waals surface area contributed by atoms with Crippen LogP contribution in [0.5, 0.6) is 0 Å². The highest BCUT2D eigenvalue weighted by Crippen LogP contribution is 2.39. The van der Waals surface area contributed by atoms with E-state index >= 15 is 0 Å². The van der Waals surface area contributed by atoms with Gasteiger partial charge in [0.25, 0.3) is 5.91 Å². The van der Waals surface area contributed by atoms with Gasteiger partial charge in [-0.25, -0.2) is 4.39 Å². The standard InChI is InChI=1S/C22H21FN4O2/c23-18-6-2-3-15(12-18)19-13-24-9-10-27(19)22(28)17-5-1-4-16(11-17)20-25-21(29-26-20)14-7-8-14/h1-6,11-12,14,19,24H,7-10,13H2. The molecule has 1 unspecified atom stereocenters. The lowest BCUT2D eigenvalue weighted by molar-refractivity contribution is 0.0634. The molecule has 6 nitrogen and oxygen atoms in total. The van der Waals surface area contributed by atoms with Crippen LogP contribution in [-0.4, -0.2) is 40.6 Å². The van der Waals surface area contributed by atoms with Gasteiger partial charge < -0.3 is 14.7 Å². The van der Waals surface area contributed by atoms with Gasteiger partial charge in [0.1, 0.15) is 5.82 Å². The maximum atomic E-state index is 13.7. The Morgan fingerprint density at radius 3 is 2.86 bits per heavy atom. The van der Waals surface area contributed by atoms with Gasteiger partial charge in [-0.3, -0.25) is 4.79 Å². The third-order valence-electron chi connectivity index (χ3n) is 5.47. The molecule has 148 valence electrons. The molecule has 0 radical (unpaired) electrons. The minimum atomic E-state index is -0.300. The Kier molecular flexibility index (Phi) is 4.60. The molecule has 0 bridgehead atoms. The van der Waals surface area contributed by atoms with Crippen molar-refractivity contribution in [3.05, 3.63) is 71.4 Å². The first-order valence-corrected chi connectivity index (χ1v) is 9.90.